The van der Waals surface area contributed by atoms with E-state index in [0.717, 1.165) is 37.1 Å². The van der Waals surface area contributed by atoms with Crippen molar-refractivity contribution in [3.63, 3.8) is 0 Å². The Morgan fingerprint density at radius 1 is 0.955 bits per heavy atom. The lowest BCUT2D eigenvalue weighted by Crippen LogP contribution is -1.94. The maximum absolute atomic E-state index is 5.84. The number of hydrogen-bond acceptors (Lipinski definition) is 1. The standard InChI is InChI=1S/C20H23NO/c1-3-12-22-20-7-5-6-19-18(20)14-17(21-19)13-16-10-8-15(4-2)9-11-16/h5-11,14,21H,3-4,12-13H2,1-2H3. The average Bonchev–Trinajstić information content (AvgIpc) is 2.96. The molecule has 3 rings (SSSR count). The van der Waals surface area contributed by atoms with Crippen LogP contribution in [-0.2, 0) is 12.8 Å². The van der Waals surface area contributed by atoms with Crippen molar-refractivity contribution >= 4 is 10.9 Å². The average molecular weight is 293 g/mol. The van der Waals surface area contributed by atoms with Gasteiger partial charge in [0.1, 0.15) is 5.75 Å². The molecule has 0 fully saturated rings. The molecule has 0 amide bonds. The van der Waals surface area contributed by atoms with Gasteiger partial charge in [0.15, 0.2) is 0 Å². The molecule has 1 aromatic heterocycles. The van der Waals surface area contributed by atoms with Crippen molar-refractivity contribution in [2.45, 2.75) is 33.1 Å². The first-order valence-corrected chi connectivity index (χ1v) is 8.11. The Balaban J connectivity index is 1.84. The molecule has 0 bridgehead atoms. The molecule has 22 heavy (non-hydrogen) atoms. The van der Waals surface area contributed by atoms with E-state index in [0.29, 0.717) is 0 Å². The van der Waals surface area contributed by atoms with Crippen LogP contribution in [0.3, 0.4) is 0 Å². The third-order valence-electron chi connectivity index (χ3n) is 3.97. The van der Waals surface area contributed by atoms with Gasteiger partial charge in [0.05, 0.1) is 6.61 Å². The molecular formula is C20H23NO. The van der Waals surface area contributed by atoms with E-state index < -0.39 is 0 Å². The summed E-state index contributed by atoms with van der Waals surface area (Å²) in [6, 6.07) is 17.3. The van der Waals surface area contributed by atoms with Crippen molar-refractivity contribution < 1.29 is 4.74 Å². The highest BCUT2D eigenvalue weighted by atomic mass is 16.5. The second kappa shape index (κ2) is 6.69. The zero-order valence-electron chi connectivity index (χ0n) is 13.4. The number of rotatable bonds is 6. The highest BCUT2D eigenvalue weighted by Gasteiger charge is 2.07. The monoisotopic (exact) mass is 293 g/mol. The fourth-order valence-corrected chi connectivity index (χ4v) is 2.73. The van der Waals surface area contributed by atoms with Gasteiger partial charge in [-0.05, 0) is 42.2 Å². The van der Waals surface area contributed by atoms with Crippen LogP contribution in [0.5, 0.6) is 5.75 Å². The molecule has 0 spiro atoms. The maximum Gasteiger partial charge on any atom is 0.128 e. The van der Waals surface area contributed by atoms with Crippen LogP contribution in [0.2, 0.25) is 0 Å². The first-order valence-electron chi connectivity index (χ1n) is 8.11. The molecular weight excluding hydrogens is 270 g/mol. The molecule has 0 aliphatic heterocycles. The molecule has 0 aliphatic rings. The van der Waals surface area contributed by atoms with Gasteiger partial charge in [-0.25, -0.2) is 0 Å². The summed E-state index contributed by atoms with van der Waals surface area (Å²) in [5, 5.41) is 1.18. The summed E-state index contributed by atoms with van der Waals surface area (Å²) in [5.41, 5.74) is 5.09. The number of H-pyrrole nitrogens is 1. The molecule has 3 aromatic rings. The van der Waals surface area contributed by atoms with Crippen LogP contribution in [0.15, 0.2) is 48.5 Å². The number of aryl methyl sites for hydroxylation is 1. The molecule has 1 N–H and O–H groups in total. The van der Waals surface area contributed by atoms with Crippen LogP contribution in [0.25, 0.3) is 10.9 Å². The summed E-state index contributed by atoms with van der Waals surface area (Å²) >= 11 is 0. The second-order valence-corrected chi connectivity index (χ2v) is 5.71. The first kappa shape index (κ1) is 14.7. The van der Waals surface area contributed by atoms with E-state index in [1.165, 1.54) is 22.2 Å². The number of aromatic nitrogens is 1. The van der Waals surface area contributed by atoms with Gasteiger partial charge in [-0.3, -0.25) is 0 Å². The summed E-state index contributed by atoms with van der Waals surface area (Å²) in [5.74, 6) is 0.975. The maximum atomic E-state index is 5.84. The van der Waals surface area contributed by atoms with Crippen molar-refractivity contribution in [1.82, 2.24) is 4.98 Å². The second-order valence-electron chi connectivity index (χ2n) is 5.71. The normalized spacial score (nSPS) is 11.0. The predicted molar refractivity (Wildman–Crippen MR) is 92.7 cm³/mol. The molecule has 0 unspecified atom stereocenters. The van der Waals surface area contributed by atoms with E-state index in [-0.39, 0.29) is 0 Å². The Labute approximate surface area is 132 Å². The summed E-state index contributed by atoms with van der Waals surface area (Å²) < 4.78 is 5.84. The van der Waals surface area contributed by atoms with Crippen molar-refractivity contribution in [3.8, 4) is 5.75 Å². The molecule has 0 saturated heterocycles. The van der Waals surface area contributed by atoms with Crippen LogP contribution in [0.1, 0.15) is 37.1 Å². The number of aromatic amines is 1. The Kier molecular flexibility index (Phi) is 4.47. The molecule has 0 atom stereocenters. The van der Waals surface area contributed by atoms with Gasteiger partial charge < -0.3 is 9.72 Å². The van der Waals surface area contributed by atoms with Gasteiger partial charge in [-0.15, -0.1) is 0 Å². The van der Waals surface area contributed by atoms with Gasteiger partial charge >= 0.3 is 0 Å². The largest absolute Gasteiger partial charge is 0.493 e. The fourth-order valence-electron chi connectivity index (χ4n) is 2.73. The summed E-state index contributed by atoms with van der Waals surface area (Å²) in [4.78, 5) is 3.51. The van der Waals surface area contributed by atoms with Crippen LogP contribution in [0, 0.1) is 0 Å². The SMILES string of the molecule is CCCOc1cccc2[nH]c(Cc3ccc(CC)cc3)cc12. The number of fused-ring (bicyclic) bond motifs is 1. The molecule has 2 aromatic carbocycles. The number of nitrogens with one attached hydrogen (secondary N) is 1. The zero-order chi connectivity index (χ0) is 15.4. The Morgan fingerprint density at radius 2 is 1.73 bits per heavy atom. The van der Waals surface area contributed by atoms with Crippen LogP contribution in [-0.4, -0.2) is 11.6 Å². The summed E-state index contributed by atoms with van der Waals surface area (Å²) in [7, 11) is 0. The van der Waals surface area contributed by atoms with Crippen LogP contribution >= 0.6 is 0 Å². The highest BCUT2D eigenvalue weighted by Crippen LogP contribution is 2.27. The van der Waals surface area contributed by atoms with E-state index in [9.17, 15) is 0 Å². The smallest absolute Gasteiger partial charge is 0.128 e. The van der Waals surface area contributed by atoms with E-state index in [2.05, 4.69) is 55.2 Å². The van der Waals surface area contributed by atoms with Gasteiger partial charge in [-0.2, -0.15) is 0 Å². The van der Waals surface area contributed by atoms with Crippen molar-refractivity contribution in [2.24, 2.45) is 0 Å². The first-order chi connectivity index (χ1) is 10.8. The van der Waals surface area contributed by atoms with Crippen molar-refractivity contribution in [3.05, 3.63) is 65.4 Å². The van der Waals surface area contributed by atoms with E-state index in [4.69, 9.17) is 4.74 Å². The lowest BCUT2D eigenvalue weighted by molar-refractivity contribution is 0.321. The third-order valence-corrected chi connectivity index (χ3v) is 3.97. The van der Waals surface area contributed by atoms with Gasteiger partial charge in [-0.1, -0.05) is 44.2 Å². The minimum atomic E-state index is 0.762. The Bertz CT molecular complexity index is 740. The Hall–Kier alpha value is -2.22. The minimum Gasteiger partial charge on any atom is -0.493 e. The quantitative estimate of drug-likeness (QED) is 0.671. The number of benzene rings is 2. The highest BCUT2D eigenvalue weighted by molar-refractivity contribution is 5.86. The van der Waals surface area contributed by atoms with Crippen LogP contribution < -0.4 is 4.74 Å². The molecule has 0 radical (unpaired) electrons. The Morgan fingerprint density at radius 3 is 2.45 bits per heavy atom. The minimum absolute atomic E-state index is 0.762. The van der Waals surface area contributed by atoms with E-state index >= 15 is 0 Å². The lowest BCUT2D eigenvalue weighted by atomic mass is 10.1. The molecule has 0 saturated carbocycles. The van der Waals surface area contributed by atoms with E-state index in [1.54, 1.807) is 0 Å². The molecule has 0 aliphatic carbocycles. The summed E-state index contributed by atoms with van der Waals surface area (Å²) in [6.07, 6.45) is 3.04. The fraction of sp³-hybridized carbons (Fsp3) is 0.300. The van der Waals surface area contributed by atoms with Crippen LogP contribution in [0.4, 0.5) is 0 Å². The number of ether oxygens (including phenoxy) is 1. The lowest BCUT2D eigenvalue weighted by Gasteiger charge is -2.04. The molecule has 2 heteroatoms. The van der Waals surface area contributed by atoms with Gasteiger partial charge in [0, 0.05) is 23.0 Å². The third kappa shape index (κ3) is 3.16. The molecule has 114 valence electrons. The summed E-state index contributed by atoms with van der Waals surface area (Å²) in [6.45, 7) is 5.07. The molecule has 1 heterocycles. The van der Waals surface area contributed by atoms with Gasteiger partial charge in [0.25, 0.3) is 0 Å². The molecule has 2 nitrogen and oxygen atoms in total. The topological polar surface area (TPSA) is 25.0 Å². The van der Waals surface area contributed by atoms with Gasteiger partial charge in [0.2, 0.25) is 0 Å². The van der Waals surface area contributed by atoms with Crippen molar-refractivity contribution in [1.29, 1.82) is 0 Å². The number of hydrogen-bond donors (Lipinski definition) is 1. The van der Waals surface area contributed by atoms with Crippen molar-refractivity contribution in [2.75, 3.05) is 6.61 Å². The predicted octanol–water partition coefficient (Wildman–Crippen LogP) is 5.11. The zero-order valence-corrected chi connectivity index (χ0v) is 13.4. The van der Waals surface area contributed by atoms with E-state index in [1.807, 2.05) is 12.1 Å².